The van der Waals surface area contributed by atoms with Crippen molar-refractivity contribution >= 4 is 29.3 Å². The van der Waals surface area contributed by atoms with Crippen molar-refractivity contribution in [2.75, 3.05) is 5.32 Å². The molecule has 1 heterocycles. The Morgan fingerprint density at radius 2 is 1.96 bits per heavy atom. The van der Waals surface area contributed by atoms with E-state index >= 15 is 0 Å². The monoisotopic (exact) mass is 369 g/mol. The van der Waals surface area contributed by atoms with E-state index in [1.54, 1.807) is 19.1 Å². The van der Waals surface area contributed by atoms with Crippen LogP contribution in [0.1, 0.15) is 39.7 Å². The highest BCUT2D eigenvalue weighted by Crippen LogP contribution is 2.29. The Balaban J connectivity index is 2.19. The minimum atomic E-state index is -1.06. The first-order valence-corrected chi connectivity index (χ1v) is 8.81. The fourth-order valence-electron chi connectivity index (χ4n) is 2.32. The lowest BCUT2D eigenvalue weighted by Gasteiger charge is -2.15. The zero-order valence-corrected chi connectivity index (χ0v) is 15.8. The largest absolute Gasteiger partial charge is 0.478 e. The highest BCUT2D eigenvalue weighted by molar-refractivity contribution is 8.00. The predicted molar refractivity (Wildman–Crippen MR) is 101 cm³/mol. The van der Waals surface area contributed by atoms with Crippen molar-refractivity contribution in [3.63, 3.8) is 0 Å². The summed E-state index contributed by atoms with van der Waals surface area (Å²) in [5, 5.41) is 21.2. The lowest BCUT2D eigenvalue weighted by molar-refractivity contribution is -0.115. The summed E-state index contributed by atoms with van der Waals surface area (Å²) in [5.74, 6) is -1.35. The Hall–Kier alpha value is -2.85. The first-order chi connectivity index (χ1) is 12.2. The number of aromatic nitrogens is 1. The molecule has 0 spiro atoms. The van der Waals surface area contributed by atoms with Crippen molar-refractivity contribution in [1.82, 2.24) is 4.98 Å². The smallest absolute Gasteiger partial charge is 0.335 e. The van der Waals surface area contributed by atoms with Gasteiger partial charge in [-0.3, -0.25) is 4.79 Å². The highest BCUT2D eigenvalue weighted by Gasteiger charge is 2.20. The number of nitrogens with zero attached hydrogens (tertiary/aromatic N) is 2. The SMILES string of the molecule is Cc1nc(SC(C)C(=O)Nc2cccc(C(=O)O)c2)c(C#N)c(C)c1C. The molecule has 1 aromatic heterocycles. The van der Waals surface area contributed by atoms with Gasteiger partial charge in [-0.2, -0.15) is 5.26 Å². The van der Waals surface area contributed by atoms with Gasteiger partial charge in [0.1, 0.15) is 11.1 Å². The van der Waals surface area contributed by atoms with Crippen LogP contribution in [0.2, 0.25) is 0 Å². The maximum absolute atomic E-state index is 12.4. The van der Waals surface area contributed by atoms with E-state index in [-0.39, 0.29) is 11.5 Å². The Morgan fingerprint density at radius 3 is 2.58 bits per heavy atom. The molecule has 2 aromatic rings. The molecule has 2 N–H and O–H groups in total. The summed E-state index contributed by atoms with van der Waals surface area (Å²) in [7, 11) is 0. The summed E-state index contributed by atoms with van der Waals surface area (Å²) in [6.45, 7) is 7.37. The fourth-order valence-corrected chi connectivity index (χ4v) is 3.33. The van der Waals surface area contributed by atoms with Crippen LogP contribution >= 0.6 is 11.8 Å². The molecule has 6 nitrogen and oxygen atoms in total. The zero-order chi connectivity index (χ0) is 19.4. The van der Waals surface area contributed by atoms with E-state index in [4.69, 9.17) is 5.11 Å². The normalized spacial score (nSPS) is 11.5. The molecule has 0 fully saturated rings. The summed E-state index contributed by atoms with van der Waals surface area (Å²) in [6, 6.07) is 8.21. The number of thioether (sulfide) groups is 1. The van der Waals surface area contributed by atoms with Crippen LogP contribution in [0.3, 0.4) is 0 Å². The number of aryl methyl sites for hydroxylation is 1. The molecule has 0 aliphatic rings. The van der Waals surface area contributed by atoms with Crippen molar-refractivity contribution in [3.8, 4) is 6.07 Å². The van der Waals surface area contributed by atoms with E-state index in [0.29, 0.717) is 16.3 Å². The van der Waals surface area contributed by atoms with Crippen molar-refractivity contribution in [3.05, 3.63) is 52.2 Å². The van der Waals surface area contributed by atoms with Crippen LogP contribution in [0.5, 0.6) is 0 Å². The molecule has 0 aliphatic carbocycles. The summed E-state index contributed by atoms with van der Waals surface area (Å²) in [5.41, 5.74) is 3.64. The van der Waals surface area contributed by atoms with E-state index in [2.05, 4.69) is 16.4 Å². The number of benzene rings is 1. The third-order valence-corrected chi connectivity index (χ3v) is 5.20. The molecular weight excluding hydrogens is 350 g/mol. The van der Waals surface area contributed by atoms with E-state index in [9.17, 15) is 14.9 Å². The molecule has 0 radical (unpaired) electrons. The number of nitrogens with one attached hydrogen (secondary N) is 1. The molecule has 0 saturated carbocycles. The Kier molecular flexibility index (Phi) is 6.01. The van der Waals surface area contributed by atoms with Gasteiger partial charge in [0.05, 0.1) is 16.4 Å². The van der Waals surface area contributed by atoms with Crippen LogP contribution in [0, 0.1) is 32.1 Å². The van der Waals surface area contributed by atoms with Gasteiger partial charge in [0.15, 0.2) is 0 Å². The highest BCUT2D eigenvalue weighted by atomic mass is 32.2. The number of amides is 1. The standard InChI is InChI=1S/C19H19N3O3S/c1-10-11(2)16(9-20)18(21-12(10)3)26-13(4)17(23)22-15-7-5-6-14(8-15)19(24)25/h5-8,13H,1-4H3,(H,22,23)(H,24,25). The molecular formula is C19H19N3O3S. The Bertz CT molecular complexity index is 919. The van der Waals surface area contributed by atoms with Crippen LogP contribution in [0.15, 0.2) is 29.3 Å². The molecule has 134 valence electrons. The number of rotatable bonds is 5. The van der Waals surface area contributed by atoms with Crippen molar-refractivity contribution in [2.45, 2.75) is 38.0 Å². The first kappa shape index (κ1) is 19.5. The number of nitriles is 1. The lowest BCUT2D eigenvalue weighted by Crippen LogP contribution is -2.23. The second-order valence-electron chi connectivity index (χ2n) is 5.87. The maximum Gasteiger partial charge on any atom is 0.335 e. The van der Waals surface area contributed by atoms with E-state index < -0.39 is 11.2 Å². The molecule has 26 heavy (non-hydrogen) atoms. The number of carboxylic acid groups (broad SMARTS) is 1. The molecule has 0 aliphatic heterocycles. The molecule has 1 atom stereocenters. The van der Waals surface area contributed by atoms with Gasteiger partial charge in [0.25, 0.3) is 0 Å². The van der Waals surface area contributed by atoms with Gasteiger partial charge in [0, 0.05) is 11.4 Å². The molecule has 1 aromatic carbocycles. The minimum absolute atomic E-state index is 0.0984. The van der Waals surface area contributed by atoms with Crippen LogP contribution in [0.4, 0.5) is 5.69 Å². The Morgan fingerprint density at radius 1 is 1.27 bits per heavy atom. The second-order valence-corrected chi connectivity index (χ2v) is 7.20. The van der Waals surface area contributed by atoms with Crippen LogP contribution < -0.4 is 5.32 Å². The molecule has 0 bridgehead atoms. The van der Waals surface area contributed by atoms with Gasteiger partial charge in [-0.15, -0.1) is 0 Å². The maximum atomic E-state index is 12.4. The number of hydrogen-bond donors (Lipinski definition) is 2. The number of carbonyl (C=O) groups is 2. The first-order valence-electron chi connectivity index (χ1n) is 7.93. The molecule has 1 amide bonds. The summed E-state index contributed by atoms with van der Waals surface area (Å²) >= 11 is 1.21. The number of pyridine rings is 1. The van der Waals surface area contributed by atoms with Gasteiger partial charge >= 0.3 is 5.97 Å². The van der Waals surface area contributed by atoms with Crippen molar-refractivity contribution in [2.24, 2.45) is 0 Å². The van der Waals surface area contributed by atoms with E-state index in [1.807, 2.05) is 20.8 Å². The van der Waals surface area contributed by atoms with E-state index in [0.717, 1.165) is 16.8 Å². The van der Waals surface area contributed by atoms with Crippen LogP contribution in [-0.4, -0.2) is 27.2 Å². The number of carboxylic acids is 1. The van der Waals surface area contributed by atoms with Gasteiger partial charge in [-0.25, -0.2) is 9.78 Å². The average molecular weight is 369 g/mol. The average Bonchev–Trinajstić information content (AvgIpc) is 2.60. The molecule has 2 rings (SSSR count). The third-order valence-electron chi connectivity index (χ3n) is 4.11. The van der Waals surface area contributed by atoms with Gasteiger partial charge in [-0.05, 0) is 57.0 Å². The van der Waals surface area contributed by atoms with Crippen molar-refractivity contribution in [1.29, 1.82) is 5.26 Å². The van der Waals surface area contributed by atoms with Crippen LogP contribution in [0.25, 0.3) is 0 Å². The fraction of sp³-hybridized carbons (Fsp3) is 0.263. The quantitative estimate of drug-likeness (QED) is 0.779. The predicted octanol–water partition coefficient (Wildman–Crippen LogP) is 3.70. The molecule has 0 saturated heterocycles. The third kappa shape index (κ3) is 4.21. The van der Waals surface area contributed by atoms with Gasteiger partial charge in [-0.1, -0.05) is 17.8 Å². The number of hydrogen-bond acceptors (Lipinski definition) is 5. The number of anilines is 1. The summed E-state index contributed by atoms with van der Waals surface area (Å²) in [6.07, 6.45) is 0. The van der Waals surface area contributed by atoms with E-state index in [1.165, 1.54) is 23.9 Å². The van der Waals surface area contributed by atoms with Crippen molar-refractivity contribution < 1.29 is 14.7 Å². The number of aromatic carboxylic acids is 1. The van der Waals surface area contributed by atoms with Gasteiger partial charge < -0.3 is 10.4 Å². The summed E-state index contributed by atoms with van der Waals surface area (Å²) in [4.78, 5) is 27.9. The minimum Gasteiger partial charge on any atom is -0.478 e. The lowest BCUT2D eigenvalue weighted by atomic mass is 10.1. The number of carbonyl (C=O) groups excluding carboxylic acids is 1. The molecule has 7 heteroatoms. The van der Waals surface area contributed by atoms with Gasteiger partial charge in [0.2, 0.25) is 5.91 Å². The zero-order valence-electron chi connectivity index (χ0n) is 15.0. The summed E-state index contributed by atoms with van der Waals surface area (Å²) < 4.78 is 0. The topological polar surface area (TPSA) is 103 Å². The molecule has 1 unspecified atom stereocenters. The second kappa shape index (κ2) is 8.02. The van der Waals surface area contributed by atoms with Crippen LogP contribution in [-0.2, 0) is 4.79 Å². The Labute approximate surface area is 156 Å².